The van der Waals surface area contributed by atoms with Crippen molar-refractivity contribution in [3.8, 4) is 0 Å². The van der Waals surface area contributed by atoms with Gasteiger partial charge in [-0.25, -0.2) is 9.59 Å². The van der Waals surface area contributed by atoms with Gasteiger partial charge < -0.3 is 9.47 Å². The predicted octanol–water partition coefficient (Wildman–Crippen LogP) is 12.2. The van der Waals surface area contributed by atoms with E-state index >= 15 is 0 Å². The SMILES string of the molecule is CCCCCCCCCCCCCCOC(=O)c1cc(Br)cc(C(=O)OCCCCCCCCCCCCCC)c1. The van der Waals surface area contributed by atoms with Gasteiger partial charge in [-0.2, -0.15) is 0 Å². The molecule has 0 unspecified atom stereocenters. The van der Waals surface area contributed by atoms with Gasteiger partial charge in [-0.05, 0) is 31.0 Å². The fourth-order valence-electron chi connectivity index (χ4n) is 5.21. The summed E-state index contributed by atoms with van der Waals surface area (Å²) in [5, 5.41) is 0. The lowest BCUT2D eigenvalue weighted by atomic mass is 10.1. The molecule has 0 radical (unpaired) electrons. The molecule has 0 aliphatic carbocycles. The van der Waals surface area contributed by atoms with Crippen LogP contribution in [0.25, 0.3) is 0 Å². The largest absolute Gasteiger partial charge is 0.462 e. The van der Waals surface area contributed by atoms with Gasteiger partial charge in [-0.1, -0.05) is 171 Å². The van der Waals surface area contributed by atoms with Gasteiger partial charge in [0.1, 0.15) is 0 Å². The molecule has 5 heteroatoms. The maximum absolute atomic E-state index is 12.6. The third-order valence-electron chi connectivity index (χ3n) is 7.83. The van der Waals surface area contributed by atoms with E-state index in [9.17, 15) is 9.59 Å². The number of carbonyl (C=O) groups excluding carboxylic acids is 2. The molecule has 1 rings (SSSR count). The number of carbonyl (C=O) groups is 2. The molecule has 1 aromatic carbocycles. The molecule has 0 atom stereocenters. The van der Waals surface area contributed by atoms with Crippen molar-refractivity contribution in [2.24, 2.45) is 0 Å². The van der Waals surface area contributed by atoms with E-state index in [0.717, 1.165) is 25.7 Å². The summed E-state index contributed by atoms with van der Waals surface area (Å²) in [6, 6.07) is 4.99. The molecule has 0 saturated heterocycles. The number of halogens is 1. The number of ether oxygens (including phenoxy) is 2. The lowest BCUT2D eigenvalue weighted by molar-refractivity contribution is 0.0496. The lowest BCUT2D eigenvalue weighted by Crippen LogP contribution is -2.10. The van der Waals surface area contributed by atoms with Gasteiger partial charge in [-0.3, -0.25) is 0 Å². The van der Waals surface area contributed by atoms with E-state index in [1.807, 2.05) is 0 Å². The van der Waals surface area contributed by atoms with Crippen LogP contribution < -0.4 is 0 Å². The predicted molar refractivity (Wildman–Crippen MR) is 177 cm³/mol. The number of unbranched alkanes of at least 4 members (excludes halogenated alkanes) is 22. The Morgan fingerprint density at radius 3 is 1.02 bits per heavy atom. The van der Waals surface area contributed by atoms with Crippen molar-refractivity contribution in [1.29, 1.82) is 0 Å². The molecular formula is C36H61BrO4. The van der Waals surface area contributed by atoms with Gasteiger partial charge in [0.15, 0.2) is 0 Å². The summed E-state index contributed by atoms with van der Waals surface area (Å²) in [4.78, 5) is 25.1. The minimum Gasteiger partial charge on any atom is -0.462 e. The van der Waals surface area contributed by atoms with E-state index < -0.39 is 0 Å². The summed E-state index contributed by atoms with van der Waals surface area (Å²) in [5.74, 6) is -0.770. The van der Waals surface area contributed by atoms with Crippen molar-refractivity contribution in [3.63, 3.8) is 0 Å². The van der Waals surface area contributed by atoms with E-state index in [2.05, 4.69) is 29.8 Å². The quantitative estimate of drug-likeness (QED) is 0.0678. The van der Waals surface area contributed by atoms with E-state index in [0.29, 0.717) is 28.8 Å². The van der Waals surface area contributed by atoms with Gasteiger partial charge in [0.2, 0.25) is 0 Å². The molecule has 0 saturated carbocycles. The van der Waals surface area contributed by atoms with Crippen LogP contribution in [0.3, 0.4) is 0 Å². The van der Waals surface area contributed by atoms with Crippen LogP contribution >= 0.6 is 15.9 Å². The number of esters is 2. The molecule has 0 N–H and O–H groups in total. The third kappa shape index (κ3) is 21.9. The Labute approximate surface area is 261 Å². The monoisotopic (exact) mass is 636 g/mol. The second-order valence-corrected chi connectivity index (χ2v) is 12.7. The standard InChI is InChI=1S/C36H61BrO4/c1-3-5-7-9-11-13-15-17-19-21-23-25-27-40-35(38)32-29-33(31-34(37)30-32)36(39)41-28-26-24-22-20-18-16-14-12-10-8-6-4-2/h29-31H,3-28H2,1-2H3. The van der Waals surface area contributed by atoms with Crippen molar-refractivity contribution in [2.45, 2.75) is 168 Å². The van der Waals surface area contributed by atoms with E-state index in [1.54, 1.807) is 18.2 Å². The fraction of sp³-hybridized carbons (Fsp3) is 0.778. The molecular weight excluding hydrogens is 576 g/mol. The van der Waals surface area contributed by atoms with Crippen LogP contribution in [0.1, 0.15) is 189 Å². The number of rotatable bonds is 28. The first kappa shape index (κ1) is 37.7. The van der Waals surface area contributed by atoms with Gasteiger partial charge in [-0.15, -0.1) is 0 Å². The molecule has 0 heterocycles. The molecule has 41 heavy (non-hydrogen) atoms. The minimum atomic E-state index is -0.385. The topological polar surface area (TPSA) is 52.6 Å². The lowest BCUT2D eigenvalue weighted by Gasteiger charge is -2.09. The summed E-state index contributed by atoms with van der Waals surface area (Å²) < 4.78 is 11.6. The van der Waals surface area contributed by atoms with Crippen LogP contribution in [0.5, 0.6) is 0 Å². The zero-order valence-electron chi connectivity index (χ0n) is 26.6. The summed E-state index contributed by atoms with van der Waals surface area (Å²) in [6.45, 7) is 5.36. The highest BCUT2D eigenvalue weighted by Gasteiger charge is 2.14. The van der Waals surface area contributed by atoms with Crippen molar-refractivity contribution in [2.75, 3.05) is 13.2 Å². The van der Waals surface area contributed by atoms with Crippen LogP contribution in [0.2, 0.25) is 0 Å². The number of benzene rings is 1. The number of hydrogen-bond acceptors (Lipinski definition) is 4. The van der Waals surface area contributed by atoms with Crippen LogP contribution in [-0.4, -0.2) is 25.2 Å². The third-order valence-corrected chi connectivity index (χ3v) is 8.29. The van der Waals surface area contributed by atoms with Crippen LogP contribution in [0, 0.1) is 0 Å². The van der Waals surface area contributed by atoms with E-state index in [1.165, 1.54) is 128 Å². The maximum Gasteiger partial charge on any atom is 0.338 e. The minimum absolute atomic E-state index is 0.385. The zero-order valence-corrected chi connectivity index (χ0v) is 28.2. The molecule has 4 nitrogen and oxygen atoms in total. The molecule has 0 aromatic heterocycles. The van der Waals surface area contributed by atoms with Gasteiger partial charge in [0.25, 0.3) is 0 Å². The summed E-state index contributed by atoms with van der Waals surface area (Å²) in [5.41, 5.74) is 0.770. The van der Waals surface area contributed by atoms with E-state index in [4.69, 9.17) is 9.47 Å². The Balaban J connectivity index is 2.11. The van der Waals surface area contributed by atoms with Crippen molar-refractivity contribution >= 4 is 27.9 Å². The van der Waals surface area contributed by atoms with Crippen LogP contribution in [-0.2, 0) is 9.47 Å². The van der Waals surface area contributed by atoms with E-state index in [-0.39, 0.29) is 11.9 Å². The highest BCUT2D eigenvalue weighted by molar-refractivity contribution is 9.10. The average molecular weight is 638 g/mol. The Morgan fingerprint density at radius 1 is 0.463 bits per heavy atom. The van der Waals surface area contributed by atoms with Gasteiger partial charge in [0.05, 0.1) is 24.3 Å². The Hall–Kier alpha value is -1.36. The summed E-state index contributed by atoms with van der Waals surface area (Å²) >= 11 is 3.42. The molecule has 0 amide bonds. The first-order chi connectivity index (χ1) is 20.1. The first-order valence-electron chi connectivity index (χ1n) is 17.2. The van der Waals surface area contributed by atoms with Gasteiger partial charge >= 0.3 is 11.9 Å². The second-order valence-electron chi connectivity index (χ2n) is 11.8. The van der Waals surface area contributed by atoms with Crippen molar-refractivity contribution < 1.29 is 19.1 Å². The highest BCUT2D eigenvalue weighted by Crippen LogP contribution is 2.19. The van der Waals surface area contributed by atoms with Crippen molar-refractivity contribution in [1.82, 2.24) is 0 Å². The maximum atomic E-state index is 12.6. The Morgan fingerprint density at radius 2 is 0.732 bits per heavy atom. The summed E-state index contributed by atoms with van der Waals surface area (Å²) in [6.07, 6.45) is 30.6. The first-order valence-corrected chi connectivity index (χ1v) is 18.0. The molecule has 0 aliphatic heterocycles. The number of hydrogen-bond donors (Lipinski definition) is 0. The smallest absolute Gasteiger partial charge is 0.338 e. The fourth-order valence-corrected chi connectivity index (χ4v) is 5.70. The molecule has 0 aliphatic rings. The zero-order chi connectivity index (χ0) is 29.8. The normalized spacial score (nSPS) is 11.1. The van der Waals surface area contributed by atoms with Gasteiger partial charge in [0, 0.05) is 4.47 Å². The van der Waals surface area contributed by atoms with Crippen molar-refractivity contribution in [3.05, 3.63) is 33.8 Å². The van der Waals surface area contributed by atoms with Crippen LogP contribution in [0.15, 0.2) is 22.7 Å². The van der Waals surface area contributed by atoms with Crippen LogP contribution in [0.4, 0.5) is 0 Å². The molecule has 1 aromatic rings. The second kappa shape index (κ2) is 27.5. The molecule has 0 bridgehead atoms. The average Bonchev–Trinajstić information content (AvgIpc) is 2.97. The molecule has 0 spiro atoms. The highest BCUT2D eigenvalue weighted by atomic mass is 79.9. The molecule has 236 valence electrons. The molecule has 0 fully saturated rings. The Bertz CT molecular complexity index is 719. The Kier molecular flexibility index (Phi) is 25.2. The summed E-state index contributed by atoms with van der Waals surface area (Å²) in [7, 11) is 0.